The second kappa shape index (κ2) is 6.17. The minimum absolute atomic E-state index is 0.193. The molecular formula is C10H18O. The maximum absolute atomic E-state index is 9.20. The molecule has 0 heterocycles. The van der Waals surface area contributed by atoms with Gasteiger partial charge in [0.25, 0.3) is 0 Å². The van der Waals surface area contributed by atoms with Gasteiger partial charge in [0.2, 0.25) is 0 Å². The second-order valence-corrected chi connectivity index (χ2v) is 2.30. The van der Waals surface area contributed by atoms with E-state index in [0.717, 1.165) is 18.4 Å². The maximum atomic E-state index is 9.20. The molecule has 0 bridgehead atoms. The van der Waals surface area contributed by atoms with Gasteiger partial charge in [0, 0.05) is 0 Å². The molecule has 64 valence electrons. The first kappa shape index (κ1) is 10.4. The van der Waals surface area contributed by atoms with Gasteiger partial charge in [-0.2, -0.15) is 0 Å². The van der Waals surface area contributed by atoms with Gasteiger partial charge in [-0.15, -0.1) is 0 Å². The summed E-state index contributed by atoms with van der Waals surface area (Å²) in [5.41, 5.74) is 1.08. The average molecular weight is 154 g/mol. The van der Waals surface area contributed by atoms with Crippen LogP contribution in [-0.4, -0.2) is 11.2 Å². The highest BCUT2D eigenvalue weighted by atomic mass is 16.3. The van der Waals surface area contributed by atoms with Crippen molar-refractivity contribution in [3.05, 3.63) is 23.8 Å². The fraction of sp³-hybridized carbons (Fsp3) is 0.600. The minimum atomic E-state index is -0.193. The molecular weight excluding hydrogens is 136 g/mol. The lowest BCUT2D eigenvalue weighted by Gasteiger charge is -2.00. The Hall–Kier alpha value is -0.560. The lowest BCUT2D eigenvalue weighted by molar-refractivity contribution is 0.215. The van der Waals surface area contributed by atoms with Crippen molar-refractivity contribution in [2.45, 2.75) is 39.7 Å². The lowest BCUT2D eigenvalue weighted by Crippen LogP contribution is -2.01. The van der Waals surface area contributed by atoms with Gasteiger partial charge in [0.05, 0.1) is 6.10 Å². The topological polar surface area (TPSA) is 20.2 Å². The normalized spacial score (nSPS) is 22.9. The van der Waals surface area contributed by atoms with Crippen LogP contribution in [0.1, 0.15) is 33.6 Å². The summed E-state index contributed by atoms with van der Waals surface area (Å²) >= 11 is 0. The van der Waals surface area contributed by atoms with Crippen molar-refractivity contribution in [1.29, 1.82) is 0 Å². The largest absolute Gasteiger partial charge is 0.388 e. The Kier molecular flexibility index (Phi) is 5.86. The van der Waals surface area contributed by atoms with Gasteiger partial charge in [-0.25, -0.2) is 0 Å². The molecule has 0 saturated heterocycles. The van der Waals surface area contributed by atoms with E-state index in [2.05, 4.69) is 6.08 Å². The predicted octanol–water partition coefficient (Wildman–Crippen LogP) is 2.67. The molecule has 1 atom stereocenters. The summed E-state index contributed by atoms with van der Waals surface area (Å²) in [6.45, 7) is 5.96. The molecule has 1 aliphatic rings. The smallest absolute Gasteiger partial charge is 0.0789 e. The molecule has 11 heavy (non-hydrogen) atoms. The highest BCUT2D eigenvalue weighted by Crippen LogP contribution is 2.18. The van der Waals surface area contributed by atoms with Crippen LogP contribution in [0.2, 0.25) is 0 Å². The van der Waals surface area contributed by atoms with E-state index < -0.39 is 0 Å². The molecule has 0 aromatic heterocycles. The van der Waals surface area contributed by atoms with Crippen LogP contribution < -0.4 is 0 Å². The molecule has 0 aliphatic heterocycles. The molecule has 0 aromatic rings. The van der Waals surface area contributed by atoms with E-state index in [4.69, 9.17) is 0 Å². The van der Waals surface area contributed by atoms with E-state index in [0.29, 0.717) is 0 Å². The highest BCUT2D eigenvalue weighted by Gasteiger charge is 2.11. The fourth-order valence-electron chi connectivity index (χ4n) is 1.08. The van der Waals surface area contributed by atoms with Crippen LogP contribution in [0.25, 0.3) is 0 Å². The summed E-state index contributed by atoms with van der Waals surface area (Å²) in [6.07, 6.45) is 7.75. The summed E-state index contributed by atoms with van der Waals surface area (Å²) in [5, 5.41) is 9.20. The van der Waals surface area contributed by atoms with Crippen LogP contribution in [0.15, 0.2) is 23.8 Å². The number of aliphatic hydroxyl groups is 1. The number of aliphatic hydroxyl groups excluding tert-OH is 1. The Morgan fingerprint density at radius 3 is 2.55 bits per heavy atom. The van der Waals surface area contributed by atoms with Gasteiger partial charge in [-0.1, -0.05) is 32.1 Å². The van der Waals surface area contributed by atoms with Gasteiger partial charge in [0.15, 0.2) is 0 Å². The molecule has 1 unspecified atom stereocenters. The average Bonchev–Trinajstić information content (AvgIpc) is 2.42. The van der Waals surface area contributed by atoms with Gasteiger partial charge in [0.1, 0.15) is 0 Å². The Labute approximate surface area is 69.4 Å². The first-order valence-corrected chi connectivity index (χ1v) is 4.35. The first-order chi connectivity index (χ1) is 5.34. The zero-order valence-corrected chi connectivity index (χ0v) is 7.67. The van der Waals surface area contributed by atoms with E-state index in [1.54, 1.807) is 0 Å². The summed E-state index contributed by atoms with van der Waals surface area (Å²) in [7, 11) is 0. The van der Waals surface area contributed by atoms with Crippen molar-refractivity contribution in [2.75, 3.05) is 0 Å². The van der Waals surface area contributed by atoms with E-state index in [1.165, 1.54) is 0 Å². The molecule has 1 rings (SSSR count). The van der Waals surface area contributed by atoms with E-state index in [9.17, 15) is 5.11 Å². The van der Waals surface area contributed by atoms with Crippen molar-refractivity contribution in [3.8, 4) is 0 Å². The van der Waals surface area contributed by atoms with E-state index in [1.807, 2.05) is 32.9 Å². The van der Waals surface area contributed by atoms with Gasteiger partial charge in [-0.05, 0) is 25.3 Å². The maximum Gasteiger partial charge on any atom is 0.0789 e. The number of rotatable bonds is 1. The minimum Gasteiger partial charge on any atom is -0.388 e. The predicted molar refractivity (Wildman–Crippen MR) is 49.5 cm³/mol. The van der Waals surface area contributed by atoms with Crippen LogP contribution in [0.3, 0.4) is 0 Å². The van der Waals surface area contributed by atoms with Crippen molar-refractivity contribution in [1.82, 2.24) is 0 Å². The van der Waals surface area contributed by atoms with E-state index >= 15 is 0 Å². The second-order valence-electron chi connectivity index (χ2n) is 2.30. The molecule has 0 spiro atoms. The summed E-state index contributed by atoms with van der Waals surface area (Å²) in [4.78, 5) is 0. The summed E-state index contributed by atoms with van der Waals surface area (Å²) < 4.78 is 0. The van der Waals surface area contributed by atoms with Crippen LogP contribution in [0, 0.1) is 0 Å². The highest BCUT2D eigenvalue weighted by molar-refractivity contribution is 5.25. The van der Waals surface area contributed by atoms with Crippen LogP contribution in [-0.2, 0) is 0 Å². The molecule has 0 saturated carbocycles. The van der Waals surface area contributed by atoms with E-state index in [-0.39, 0.29) is 6.10 Å². The summed E-state index contributed by atoms with van der Waals surface area (Å²) in [5.74, 6) is 0. The zero-order valence-electron chi connectivity index (χ0n) is 7.67. The summed E-state index contributed by atoms with van der Waals surface area (Å²) in [6, 6.07) is 0. The Balaban J connectivity index is 0.000000461. The monoisotopic (exact) mass is 154 g/mol. The van der Waals surface area contributed by atoms with Gasteiger partial charge >= 0.3 is 0 Å². The number of hydrogen-bond donors (Lipinski definition) is 1. The standard InChI is InChI=1S/C8H12O.C2H6/c1-2-4-7-5-3-6-8(7)9;1-2/h2,4-5,8-9H,3,6H2,1H3;1-2H3/b4-2+;. The fourth-order valence-corrected chi connectivity index (χ4v) is 1.08. The third-order valence-corrected chi connectivity index (χ3v) is 1.56. The van der Waals surface area contributed by atoms with Crippen molar-refractivity contribution >= 4 is 0 Å². The van der Waals surface area contributed by atoms with Crippen LogP contribution in [0.4, 0.5) is 0 Å². The lowest BCUT2D eigenvalue weighted by atomic mass is 10.2. The number of allylic oxidation sites excluding steroid dienone is 2. The van der Waals surface area contributed by atoms with Crippen molar-refractivity contribution in [2.24, 2.45) is 0 Å². The molecule has 0 radical (unpaired) electrons. The molecule has 1 N–H and O–H groups in total. The molecule has 0 aromatic carbocycles. The molecule has 1 nitrogen and oxygen atoms in total. The quantitative estimate of drug-likeness (QED) is 0.615. The van der Waals surface area contributed by atoms with Gasteiger partial charge in [-0.3, -0.25) is 0 Å². The SMILES string of the molecule is C/C=C/C1=CCCC1O.CC. The Morgan fingerprint density at radius 1 is 1.55 bits per heavy atom. The Bertz CT molecular complexity index is 145. The van der Waals surface area contributed by atoms with Crippen LogP contribution >= 0.6 is 0 Å². The molecule has 0 amide bonds. The number of hydrogen-bond acceptors (Lipinski definition) is 1. The molecule has 0 fully saturated rings. The van der Waals surface area contributed by atoms with Crippen molar-refractivity contribution < 1.29 is 5.11 Å². The molecule has 1 aliphatic carbocycles. The van der Waals surface area contributed by atoms with Crippen LogP contribution in [0.5, 0.6) is 0 Å². The Morgan fingerprint density at radius 2 is 2.18 bits per heavy atom. The van der Waals surface area contributed by atoms with Crippen molar-refractivity contribution in [3.63, 3.8) is 0 Å². The van der Waals surface area contributed by atoms with Gasteiger partial charge < -0.3 is 5.11 Å². The molecule has 1 heteroatoms. The first-order valence-electron chi connectivity index (χ1n) is 4.35. The third kappa shape index (κ3) is 3.38. The zero-order chi connectivity index (χ0) is 8.69. The third-order valence-electron chi connectivity index (χ3n) is 1.56.